The minimum atomic E-state index is -0.705. The molecule has 0 aliphatic heterocycles. The van der Waals surface area contributed by atoms with E-state index in [1.165, 1.54) is 0 Å². The van der Waals surface area contributed by atoms with Gasteiger partial charge in [0, 0.05) is 16.1 Å². The summed E-state index contributed by atoms with van der Waals surface area (Å²) in [6, 6.07) is 5.90. The summed E-state index contributed by atoms with van der Waals surface area (Å²) in [4.78, 5) is 15.0. The molecule has 94 valence electrons. The van der Waals surface area contributed by atoms with E-state index in [1.54, 1.807) is 0 Å². The summed E-state index contributed by atoms with van der Waals surface area (Å²) in [6.45, 7) is 0. The number of aromatic amines is 1. The molecule has 1 aliphatic carbocycles. The molecule has 1 saturated carbocycles. The Hall–Kier alpha value is -1.29. The molecule has 1 heterocycles. The smallest absolute Gasteiger partial charge is 0.314 e. The van der Waals surface area contributed by atoms with Crippen molar-refractivity contribution in [1.82, 2.24) is 4.98 Å². The zero-order chi connectivity index (χ0) is 12.8. The maximum absolute atomic E-state index is 11.7. The normalized spacial score (nSPS) is 18.3. The first-order valence-corrected chi connectivity index (χ1v) is 6.94. The van der Waals surface area contributed by atoms with Gasteiger partial charge in [0.1, 0.15) is 0 Å². The number of carbonyl (C=O) groups is 1. The molecule has 2 N–H and O–H groups in total. The Morgan fingerprint density at radius 2 is 2.06 bits per heavy atom. The van der Waals surface area contributed by atoms with Crippen LogP contribution in [0.25, 0.3) is 10.9 Å². The monoisotopic (exact) mass is 307 g/mol. The van der Waals surface area contributed by atoms with Gasteiger partial charge in [0.15, 0.2) is 0 Å². The number of carboxylic acid groups (broad SMARTS) is 1. The highest BCUT2D eigenvalue weighted by Crippen LogP contribution is 2.44. The third-order valence-corrected chi connectivity index (χ3v) is 4.70. The van der Waals surface area contributed by atoms with E-state index in [0.29, 0.717) is 0 Å². The number of rotatable bonds is 2. The summed E-state index contributed by atoms with van der Waals surface area (Å²) in [5.41, 5.74) is 1.17. The summed E-state index contributed by atoms with van der Waals surface area (Å²) >= 11 is 3.49. The van der Waals surface area contributed by atoms with E-state index < -0.39 is 11.4 Å². The lowest BCUT2D eigenvalue weighted by atomic mass is 9.78. The molecular weight excluding hydrogens is 294 g/mol. The Morgan fingerprint density at radius 3 is 2.72 bits per heavy atom. The van der Waals surface area contributed by atoms with Gasteiger partial charge in [-0.05, 0) is 34.3 Å². The predicted octanol–water partition coefficient (Wildman–Crippen LogP) is 3.83. The Balaban J connectivity index is 2.27. The fourth-order valence-electron chi connectivity index (χ4n) is 3.10. The Bertz CT molecular complexity index is 611. The van der Waals surface area contributed by atoms with Gasteiger partial charge in [0.2, 0.25) is 0 Å². The number of aliphatic carboxylic acids is 1. The summed E-state index contributed by atoms with van der Waals surface area (Å²) in [6.07, 6.45) is 5.32. The van der Waals surface area contributed by atoms with Crippen LogP contribution < -0.4 is 0 Å². The van der Waals surface area contributed by atoms with Crippen LogP contribution in [-0.2, 0) is 10.2 Å². The van der Waals surface area contributed by atoms with Gasteiger partial charge in [-0.3, -0.25) is 4.79 Å². The molecule has 1 aromatic heterocycles. The number of fused-ring (bicyclic) bond motifs is 1. The van der Waals surface area contributed by atoms with Crippen LogP contribution in [0.4, 0.5) is 0 Å². The molecule has 1 fully saturated rings. The number of H-pyrrole nitrogens is 1. The summed E-state index contributed by atoms with van der Waals surface area (Å²) < 4.78 is 0.984. The molecular formula is C14H14BrNO2. The first-order valence-electron chi connectivity index (χ1n) is 6.15. The lowest BCUT2D eigenvalue weighted by Crippen LogP contribution is -2.32. The predicted molar refractivity (Wildman–Crippen MR) is 73.8 cm³/mol. The number of hydrogen-bond acceptors (Lipinski definition) is 1. The van der Waals surface area contributed by atoms with Gasteiger partial charge < -0.3 is 10.1 Å². The topological polar surface area (TPSA) is 53.1 Å². The highest BCUT2D eigenvalue weighted by atomic mass is 79.9. The molecule has 0 unspecified atom stereocenters. The first kappa shape index (κ1) is 11.8. The Kier molecular flexibility index (Phi) is 2.70. The fourth-order valence-corrected chi connectivity index (χ4v) is 3.54. The van der Waals surface area contributed by atoms with Gasteiger partial charge in [0.25, 0.3) is 0 Å². The van der Waals surface area contributed by atoms with Crippen molar-refractivity contribution in [3.8, 4) is 0 Å². The molecule has 0 spiro atoms. The average molecular weight is 308 g/mol. The highest BCUT2D eigenvalue weighted by Gasteiger charge is 2.44. The fraction of sp³-hybridized carbons (Fsp3) is 0.357. The van der Waals surface area contributed by atoms with Crippen LogP contribution in [0.2, 0.25) is 0 Å². The number of hydrogen-bond donors (Lipinski definition) is 2. The van der Waals surface area contributed by atoms with E-state index in [9.17, 15) is 9.90 Å². The molecule has 2 aromatic rings. The quantitative estimate of drug-likeness (QED) is 0.886. The lowest BCUT2D eigenvalue weighted by Gasteiger charge is -2.25. The molecule has 0 saturated heterocycles. The second-order valence-electron chi connectivity index (χ2n) is 4.96. The molecule has 3 nitrogen and oxygen atoms in total. The highest BCUT2D eigenvalue weighted by molar-refractivity contribution is 9.10. The second kappa shape index (κ2) is 4.12. The number of benzene rings is 1. The van der Waals surface area contributed by atoms with Crippen molar-refractivity contribution in [2.75, 3.05) is 0 Å². The number of nitrogens with one attached hydrogen (secondary N) is 1. The standard InChI is InChI=1S/C14H14BrNO2/c15-11-8-16-12-9(11)4-3-5-10(12)14(13(17)18)6-1-2-7-14/h3-5,8,16H,1-2,6-7H2,(H,17,18). The van der Waals surface area contributed by atoms with Crippen molar-refractivity contribution in [3.05, 3.63) is 34.4 Å². The molecule has 18 heavy (non-hydrogen) atoms. The van der Waals surface area contributed by atoms with Gasteiger partial charge >= 0.3 is 5.97 Å². The van der Waals surface area contributed by atoms with Crippen molar-refractivity contribution >= 4 is 32.8 Å². The molecule has 1 aliphatic rings. The average Bonchev–Trinajstić information content (AvgIpc) is 2.97. The lowest BCUT2D eigenvalue weighted by molar-refractivity contribution is -0.143. The first-order chi connectivity index (χ1) is 8.65. The Labute approximate surface area is 113 Å². The van der Waals surface area contributed by atoms with Crippen LogP contribution in [0.5, 0.6) is 0 Å². The van der Waals surface area contributed by atoms with Crippen LogP contribution in [-0.4, -0.2) is 16.1 Å². The number of halogens is 1. The SMILES string of the molecule is O=C(O)C1(c2cccc3c(Br)c[nH]c23)CCCC1. The van der Waals surface area contributed by atoms with Crippen LogP contribution in [0.15, 0.2) is 28.9 Å². The third-order valence-electron chi connectivity index (χ3n) is 4.05. The largest absolute Gasteiger partial charge is 0.481 e. The van der Waals surface area contributed by atoms with Crippen molar-refractivity contribution in [2.24, 2.45) is 0 Å². The van der Waals surface area contributed by atoms with E-state index in [4.69, 9.17) is 0 Å². The maximum Gasteiger partial charge on any atom is 0.314 e. The van der Waals surface area contributed by atoms with Crippen LogP contribution in [0, 0.1) is 0 Å². The molecule has 0 atom stereocenters. The van der Waals surface area contributed by atoms with Crippen molar-refractivity contribution < 1.29 is 9.90 Å². The van der Waals surface area contributed by atoms with Crippen LogP contribution in [0.3, 0.4) is 0 Å². The van der Waals surface area contributed by atoms with Crippen LogP contribution >= 0.6 is 15.9 Å². The van der Waals surface area contributed by atoms with E-state index in [2.05, 4.69) is 20.9 Å². The van der Waals surface area contributed by atoms with Gasteiger partial charge in [-0.1, -0.05) is 31.0 Å². The van der Waals surface area contributed by atoms with Gasteiger partial charge in [0.05, 0.1) is 10.9 Å². The van der Waals surface area contributed by atoms with E-state index >= 15 is 0 Å². The molecule has 4 heteroatoms. The zero-order valence-electron chi connectivity index (χ0n) is 9.87. The minimum absolute atomic E-state index is 0.696. The number of carboxylic acids is 1. The van der Waals surface area contributed by atoms with Crippen molar-refractivity contribution in [1.29, 1.82) is 0 Å². The van der Waals surface area contributed by atoms with E-state index in [1.807, 2.05) is 24.4 Å². The summed E-state index contributed by atoms with van der Waals surface area (Å²) in [7, 11) is 0. The number of para-hydroxylation sites is 1. The van der Waals surface area contributed by atoms with Crippen LogP contribution in [0.1, 0.15) is 31.2 Å². The molecule has 0 amide bonds. The van der Waals surface area contributed by atoms with Gasteiger partial charge in [-0.25, -0.2) is 0 Å². The summed E-state index contributed by atoms with van der Waals surface area (Å²) in [5.74, 6) is -0.696. The van der Waals surface area contributed by atoms with E-state index in [0.717, 1.165) is 46.6 Å². The maximum atomic E-state index is 11.7. The summed E-state index contributed by atoms with van der Waals surface area (Å²) in [5, 5.41) is 10.7. The third kappa shape index (κ3) is 1.52. The Morgan fingerprint density at radius 1 is 1.33 bits per heavy atom. The minimum Gasteiger partial charge on any atom is -0.481 e. The van der Waals surface area contributed by atoms with Crippen molar-refractivity contribution in [3.63, 3.8) is 0 Å². The molecule has 0 radical (unpaired) electrons. The van der Waals surface area contributed by atoms with Crippen molar-refractivity contribution in [2.45, 2.75) is 31.1 Å². The second-order valence-corrected chi connectivity index (χ2v) is 5.81. The zero-order valence-corrected chi connectivity index (χ0v) is 11.5. The molecule has 1 aromatic carbocycles. The van der Waals surface area contributed by atoms with E-state index in [-0.39, 0.29) is 0 Å². The molecule has 0 bridgehead atoms. The van der Waals surface area contributed by atoms with Gasteiger partial charge in [-0.2, -0.15) is 0 Å². The number of aromatic nitrogens is 1. The molecule has 3 rings (SSSR count). The van der Waals surface area contributed by atoms with Gasteiger partial charge in [-0.15, -0.1) is 0 Å².